The molecule has 1 aromatic rings. The van der Waals surface area contributed by atoms with Gasteiger partial charge in [0.05, 0.1) is 36.2 Å². The van der Waals surface area contributed by atoms with Crippen molar-refractivity contribution >= 4 is 11.6 Å². The van der Waals surface area contributed by atoms with Gasteiger partial charge in [0.25, 0.3) is 0 Å². The van der Waals surface area contributed by atoms with E-state index in [-0.39, 0.29) is 6.10 Å². The van der Waals surface area contributed by atoms with Gasteiger partial charge in [0.1, 0.15) is 6.10 Å². The molecule has 1 fully saturated rings. The third kappa shape index (κ3) is 3.48. The van der Waals surface area contributed by atoms with E-state index in [2.05, 4.69) is 5.10 Å². The Morgan fingerprint density at radius 3 is 2.89 bits per heavy atom. The van der Waals surface area contributed by atoms with Crippen LogP contribution in [0.5, 0.6) is 0 Å². The molecular formula is C13H21ClN2O3. The molecule has 1 aliphatic carbocycles. The Kier molecular flexibility index (Phi) is 5.21. The molecule has 19 heavy (non-hydrogen) atoms. The van der Waals surface area contributed by atoms with Crippen molar-refractivity contribution in [3.63, 3.8) is 0 Å². The minimum absolute atomic E-state index is 0.194. The number of hydrogen-bond acceptors (Lipinski definition) is 4. The van der Waals surface area contributed by atoms with E-state index in [1.165, 1.54) is 0 Å². The summed E-state index contributed by atoms with van der Waals surface area (Å²) in [7, 11) is 1.63. The van der Waals surface area contributed by atoms with Gasteiger partial charge in [0.2, 0.25) is 0 Å². The van der Waals surface area contributed by atoms with Crippen LogP contribution < -0.4 is 0 Å². The second-order valence-corrected chi connectivity index (χ2v) is 5.20. The molecule has 0 radical (unpaired) electrons. The first-order valence-corrected chi connectivity index (χ1v) is 7.06. The number of ether oxygens (including phenoxy) is 2. The maximum Gasteiger partial charge on any atom is 0.123 e. The lowest BCUT2D eigenvalue weighted by Gasteiger charge is -2.23. The van der Waals surface area contributed by atoms with Crippen LogP contribution in [0.1, 0.15) is 31.6 Å². The van der Waals surface area contributed by atoms with E-state index in [0.717, 1.165) is 12.8 Å². The number of nitrogens with zero attached hydrogens (tertiary/aromatic N) is 2. The summed E-state index contributed by atoms with van der Waals surface area (Å²) in [6.45, 7) is 3.62. The molecule has 1 N–H and O–H groups in total. The van der Waals surface area contributed by atoms with Gasteiger partial charge in [-0.25, -0.2) is 0 Å². The minimum atomic E-state index is -0.737. The Morgan fingerprint density at radius 1 is 1.58 bits per heavy atom. The largest absolute Gasteiger partial charge is 0.384 e. The fraction of sp³-hybridized carbons (Fsp3) is 0.769. The third-order valence-electron chi connectivity index (χ3n) is 3.38. The molecule has 0 spiro atoms. The van der Waals surface area contributed by atoms with Crippen molar-refractivity contribution < 1.29 is 14.6 Å². The fourth-order valence-electron chi connectivity index (χ4n) is 2.28. The normalized spacial score (nSPS) is 18.5. The Balaban J connectivity index is 2.15. The SMILES string of the molecule is CCOC(C1CC1)C(O)c1c(Cl)cnn1CCOC. The van der Waals surface area contributed by atoms with E-state index in [1.807, 2.05) is 6.92 Å². The zero-order chi connectivity index (χ0) is 13.8. The maximum absolute atomic E-state index is 10.6. The van der Waals surface area contributed by atoms with Crippen LogP contribution in [0.4, 0.5) is 0 Å². The van der Waals surface area contributed by atoms with Crippen LogP contribution in [0.2, 0.25) is 5.02 Å². The summed E-state index contributed by atoms with van der Waals surface area (Å²) in [5, 5.41) is 15.2. The zero-order valence-electron chi connectivity index (χ0n) is 11.4. The van der Waals surface area contributed by atoms with Crippen molar-refractivity contribution in [3.8, 4) is 0 Å². The molecule has 2 rings (SSSR count). The van der Waals surface area contributed by atoms with Gasteiger partial charge in [-0.1, -0.05) is 11.6 Å². The quantitative estimate of drug-likeness (QED) is 0.795. The fourth-order valence-corrected chi connectivity index (χ4v) is 2.53. The van der Waals surface area contributed by atoms with Gasteiger partial charge >= 0.3 is 0 Å². The Morgan fingerprint density at radius 2 is 2.32 bits per heavy atom. The first kappa shape index (κ1) is 14.8. The van der Waals surface area contributed by atoms with Crippen molar-refractivity contribution in [2.24, 2.45) is 5.92 Å². The second-order valence-electron chi connectivity index (χ2n) is 4.80. The van der Waals surface area contributed by atoms with E-state index in [9.17, 15) is 5.11 Å². The van der Waals surface area contributed by atoms with E-state index in [0.29, 0.717) is 36.4 Å². The predicted octanol–water partition coefficient (Wildman–Crippen LogP) is 2.03. The van der Waals surface area contributed by atoms with Crippen molar-refractivity contribution in [1.82, 2.24) is 9.78 Å². The molecule has 2 unspecified atom stereocenters. The van der Waals surface area contributed by atoms with Crippen molar-refractivity contribution in [3.05, 3.63) is 16.9 Å². The number of aliphatic hydroxyl groups is 1. The number of methoxy groups -OCH3 is 1. The summed E-state index contributed by atoms with van der Waals surface area (Å²) in [6.07, 6.45) is 2.84. The summed E-state index contributed by atoms with van der Waals surface area (Å²) in [6, 6.07) is 0. The molecule has 1 heterocycles. The maximum atomic E-state index is 10.6. The molecule has 0 aromatic carbocycles. The number of rotatable bonds is 8. The highest BCUT2D eigenvalue weighted by Gasteiger charge is 2.39. The highest BCUT2D eigenvalue weighted by Crippen LogP contribution is 2.41. The van der Waals surface area contributed by atoms with Crippen LogP contribution in [0.25, 0.3) is 0 Å². The Labute approximate surface area is 118 Å². The van der Waals surface area contributed by atoms with E-state index >= 15 is 0 Å². The molecule has 1 aliphatic rings. The van der Waals surface area contributed by atoms with Gasteiger partial charge in [0.15, 0.2) is 0 Å². The monoisotopic (exact) mass is 288 g/mol. The average molecular weight is 289 g/mol. The van der Waals surface area contributed by atoms with Gasteiger partial charge < -0.3 is 14.6 Å². The first-order chi connectivity index (χ1) is 9.19. The van der Waals surface area contributed by atoms with E-state index in [1.54, 1.807) is 18.0 Å². The number of hydrogen-bond donors (Lipinski definition) is 1. The van der Waals surface area contributed by atoms with Gasteiger partial charge in [-0.15, -0.1) is 0 Å². The lowest BCUT2D eigenvalue weighted by Crippen LogP contribution is -2.27. The van der Waals surface area contributed by atoms with E-state index in [4.69, 9.17) is 21.1 Å². The van der Waals surface area contributed by atoms with Crippen LogP contribution in [0.15, 0.2) is 6.20 Å². The van der Waals surface area contributed by atoms with Gasteiger partial charge in [0, 0.05) is 13.7 Å². The summed E-state index contributed by atoms with van der Waals surface area (Å²) >= 11 is 6.15. The lowest BCUT2D eigenvalue weighted by atomic mass is 10.1. The van der Waals surface area contributed by atoms with Crippen LogP contribution in [0, 0.1) is 5.92 Å². The van der Waals surface area contributed by atoms with Crippen LogP contribution in [0.3, 0.4) is 0 Å². The van der Waals surface area contributed by atoms with Crippen LogP contribution in [-0.2, 0) is 16.0 Å². The molecule has 1 aromatic heterocycles. The summed E-state index contributed by atoms with van der Waals surface area (Å²) in [4.78, 5) is 0. The second kappa shape index (κ2) is 6.70. The summed E-state index contributed by atoms with van der Waals surface area (Å²) in [5.74, 6) is 0.428. The molecule has 2 atom stereocenters. The number of aromatic nitrogens is 2. The summed E-state index contributed by atoms with van der Waals surface area (Å²) in [5.41, 5.74) is 0.629. The lowest BCUT2D eigenvalue weighted by molar-refractivity contribution is -0.0498. The van der Waals surface area contributed by atoms with Gasteiger partial charge in [-0.05, 0) is 25.7 Å². The highest BCUT2D eigenvalue weighted by atomic mass is 35.5. The number of aliphatic hydroxyl groups excluding tert-OH is 1. The average Bonchev–Trinajstić information content (AvgIpc) is 3.17. The predicted molar refractivity (Wildman–Crippen MR) is 72.2 cm³/mol. The molecule has 0 amide bonds. The van der Waals surface area contributed by atoms with E-state index < -0.39 is 6.10 Å². The van der Waals surface area contributed by atoms with Crippen molar-refractivity contribution in [2.45, 2.75) is 38.5 Å². The van der Waals surface area contributed by atoms with Crippen LogP contribution in [-0.4, -0.2) is 41.3 Å². The molecule has 108 valence electrons. The number of halogens is 1. The molecule has 0 bridgehead atoms. The molecule has 5 nitrogen and oxygen atoms in total. The third-order valence-corrected chi connectivity index (χ3v) is 3.67. The molecule has 6 heteroatoms. The van der Waals surface area contributed by atoms with Gasteiger partial charge in [-0.3, -0.25) is 4.68 Å². The molecule has 1 saturated carbocycles. The van der Waals surface area contributed by atoms with Crippen LogP contribution >= 0.6 is 11.6 Å². The Hall–Kier alpha value is -0.620. The Bertz CT molecular complexity index is 407. The minimum Gasteiger partial charge on any atom is -0.384 e. The van der Waals surface area contributed by atoms with Crippen molar-refractivity contribution in [2.75, 3.05) is 20.3 Å². The zero-order valence-corrected chi connectivity index (χ0v) is 12.1. The highest BCUT2D eigenvalue weighted by molar-refractivity contribution is 6.31. The first-order valence-electron chi connectivity index (χ1n) is 6.68. The smallest absolute Gasteiger partial charge is 0.123 e. The van der Waals surface area contributed by atoms with Crippen molar-refractivity contribution in [1.29, 1.82) is 0 Å². The molecule has 0 saturated heterocycles. The molecular weight excluding hydrogens is 268 g/mol. The topological polar surface area (TPSA) is 56.5 Å². The molecule has 0 aliphatic heterocycles. The standard InChI is InChI=1S/C13H21ClN2O3/c1-3-19-13(9-4-5-9)12(17)11-10(14)8-15-16(11)6-7-18-2/h8-9,12-13,17H,3-7H2,1-2H3. The van der Waals surface area contributed by atoms with Gasteiger partial charge in [-0.2, -0.15) is 5.10 Å². The summed E-state index contributed by atoms with van der Waals surface area (Å²) < 4.78 is 12.4.